The molecule has 0 aromatic heterocycles. The molecule has 1 fully saturated rings. The fraction of sp³-hybridized carbons (Fsp3) is 0.278. The van der Waals surface area contributed by atoms with E-state index in [-0.39, 0.29) is 11.9 Å². The van der Waals surface area contributed by atoms with Crippen molar-refractivity contribution in [3.05, 3.63) is 70.2 Å². The lowest BCUT2D eigenvalue weighted by Gasteiger charge is -2.18. The van der Waals surface area contributed by atoms with E-state index in [9.17, 15) is 4.79 Å². The van der Waals surface area contributed by atoms with E-state index in [1.807, 2.05) is 30.3 Å². The van der Waals surface area contributed by atoms with Gasteiger partial charge in [0.2, 0.25) is 0 Å². The largest absolute Gasteiger partial charge is 0.349 e. The molecule has 3 rings (SSSR count). The smallest absolute Gasteiger partial charge is 0.251 e. The predicted octanol–water partition coefficient (Wildman–Crippen LogP) is 4.20. The molecule has 1 saturated carbocycles. The minimum absolute atomic E-state index is 0.0177. The molecule has 0 spiro atoms. The van der Waals surface area contributed by atoms with Gasteiger partial charge in [-0.25, -0.2) is 0 Å². The topological polar surface area (TPSA) is 29.1 Å². The molecule has 1 aliphatic carbocycles. The zero-order valence-corrected chi connectivity index (χ0v) is 13.3. The van der Waals surface area contributed by atoms with Crippen molar-refractivity contribution < 1.29 is 4.79 Å². The molecule has 2 aromatic carbocycles. The van der Waals surface area contributed by atoms with E-state index in [0.717, 1.165) is 10.9 Å². The van der Waals surface area contributed by atoms with Gasteiger partial charge in [-0.05, 0) is 48.9 Å². The van der Waals surface area contributed by atoms with E-state index in [0.29, 0.717) is 11.5 Å². The summed E-state index contributed by atoms with van der Waals surface area (Å²) in [5, 5.41) is 3.21. The number of halogens is 1. The van der Waals surface area contributed by atoms with Crippen LogP contribution in [0, 0.1) is 5.92 Å². The molecule has 1 unspecified atom stereocenters. The Kier molecular flexibility index (Phi) is 4.39. The summed E-state index contributed by atoms with van der Waals surface area (Å²) in [6.07, 6.45) is 3.35. The van der Waals surface area contributed by atoms with E-state index in [1.165, 1.54) is 18.4 Å². The fourth-order valence-electron chi connectivity index (χ4n) is 2.58. The summed E-state index contributed by atoms with van der Waals surface area (Å²) >= 11 is 3.41. The number of carbonyl (C=O) groups is 1. The molecule has 2 nitrogen and oxygen atoms in total. The highest BCUT2D eigenvalue weighted by Gasteiger charge is 2.32. The van der Waals surface area contributed by atoms with E-state index >= 15 is 0 Å². The summed E-state index contributed by atoms with van der Waals surface area (Å²) < 4.78 is 0.932. The molecule has 1 aliphatic rings. The van der Waals surface area contributed by atoms with Crippen molar-refractivity contribution in [3.8, 4) is 0 Å². The van der Waals surface area contributed by atoms with E-state index in [1.54, 1.807) is 0 Å². The van der Waals surface area contributed by atoms with Gasteiger partial charge >= 0.3 is 0 Å². The Morgan fingerprint density at radius 3 is 2.57 bits per heavy atom. The van der Waals surface area contributed by atoms with Crippen molar-refractivity contribution in [3.63, 3.8) is 0 Å². The number of nitrogens with one attached hydrogen (secondary N) is 1. The molecule has 0 bridgehead atoms. The summed E-state index contributed by atoms with van der Waals surface area (Å²) in [7, 11) is 0. The van der Waals surface area contributed by atoms with Crippen molar-refractivity contribution in [2.24, 2.45) is 5.92 Å². The Labute approximate surface area is 133 Å². The van der Waals surface area contributed by atoms with E-state index in [2.05, 4.69) is 45.5 Å². The van der Waals surface area contributed by atoms with Gasteiger partial charge in [-0.15, -0.1) is 0 Å². The minimum Gasteiger partial charge on any atom is -0.349 e. The first kappa shape index (κ1) is 14.3. The molecule has 0 saturated heterocycles. The molecule has 108 valence electrons. The molecule has 0 aliphatic heterocycles. The molecule has 1 N–H and O–H groups in total. The summed E-state index contributed by atoms with van der Waals surface area (Å²) in [6, 6.07) is 18.1. The van der Waals surface area contributed by atoms with Gasteiger partial charge in [0, 0.05) is 16.1 Å². The zero-order chi connectivity index (χ0) is 14.7. The molecular weight excluding hydrogens is 326 g/mol. The molecule has 2 aromatic rings. The predicted molar refractivity (Wildman–Crippen MR) is 88.3 cm³/mol. The number of carbonyl (C=O) groups excluding carboxylic acids is 1. The third kappa shape index (κ3) is 3.94. The van der Waals surface area contributed by atoms with Gasteiger partial charge in [-0.3, -0.25) is 4.79 Å². The number of rotatable bonds is 5. The minimum atomic E-state index is 0.0177. The Hall–Kier alpha value is -1.61. The van der Waals surface area contributed by atoms with Gasteiger partial charge in [0.05, 0.1) is 0 Å². The first-order chi connectivity index (χ1) is 10.2. The number of hydrogen-bond donors (Lipinski definition) is 1. The van der Waals surface area contributed by atoms with Crippen molar-refractivity contribution in [2.75, 3.05) is 0 Å². The van der Waals surface area contributed by atoms with Crippen LogP contribution in [-0.2, 0) is 6.42 Å². The Morgan fingerprint density at radius 1 is 1.14 bits per heavy atom. The maximum atomic E-state index is 12.4. The van der Waals surface area contributed by atoms with Crippen molar-refractivity contribution >= 4 is 21.8 Å². The number of amides is 1. The second kappa shape index (κ2) is 6.44. The molecular formula is C18H18BrNO. The van der Waals surface area contributed by atoms with Gasteiger partial charge in [0.25, 0.3) is 5.91 Å². The average Bonchev–Trinajstić information content (AvgIpc) is 3.32. The van der Waals surface area contributed by atoms with E-state index < -0.39 is 0 Å². The summed E-state index contributed by atoms with van der Waals surface area (Å²) in [5.41, 5.74) is 1.99. The Bertz CT molecular complexity index is 622. The summed E-state index contributed by atoms with van der Waals surface area (Å²) in [6.45, 7) is 0. The lowest BCUT2D eigenvalue weighted by atomic mass is 10.0. The first-order valence-corrected chi connectivity index (χ1v) is 8.12. The van der Waals surface area contributed by atoms with Crippen LogP contribution in [0.1, 0.15) is 28.8 Å². The molecule has 0 radical (unpaired) electrons. The highest BCUT2D eigenvalue weighted by molar-refractivity contribution is 9.10. The normalized spacial score (nSPS) is 15.5. The lowest BCUT2D eigenvalue weighted by molar-refractivity contribution is 0.0932. The van der Waals surface area contributed by atoms with Crippen molar-refractivity contribution in [1.29, 1.82) is 0 Å². The zero-order valence-electron chi connectivity index (χ0n) is 11.8. The molecule has 21 heavy (non-hydrogen) atoms. The monoisotopic (exact) mass is 343 g/mol. The van der Waals surface area contributed by atoms with Crippen LogP contribution >= 0.6 is 15.9 Å². The van der Waals surface area contributed by atoms with Crippen LogP contribution in [0.5, 0.6) is 0 Å². The molecule has 1 atom stereocenters. The van der Waals surface area contributed by atoms with Crippen LogP contribution in [0.15, 0.2) is 59.1 Å². The van der Waals surface area contributed by atoms with Gasteiger partial charge in [-0.1, -0.05) is 52.3 Å². The Balaban J connectivity index is 1.69. The number of hydrogen-bond acceptors (Lipinski definition) is 1. The third-order valence-electron chi connectivity index (χ3n) is 3.89. The van der Waals surface area contributed by atoms with Crippen LogP contribution < -0.4 is 5.32 Å². The SMILES string of the molecule is O=C(NC(Cc1ccccc1)C1CC1)c1cccc(Br)c1. The molecule has 1 amide bonds. The van der Waals surface area contributed by atoms with Crippen molar-refractivity contribution in [1.82, 2.24) is 5.32 Å². The van der Waals surface area contributed by atoms with E-state index in [4.69, 9.17) is 0 Å². The van der Waals surface area contributed by atoms with Crippen LogP contribution in [-0.4, -0.2) is 11.9 Å². The molecule has 0 heterocycles. The second-order valence-electron chi connectivity index (χ2n) is 5.62. The second-order valence-corrected chi connectivity index (χ2v) is 6.53. The first-order valence-electron chi connectivity index (χ1n) is 7.33. The fourth-order valence-corrected chi connectivity index (χ4v) is 2.98. The highest BCUT2D eigenvalue weighted by Crippen LogP contribution is 2.34. The van der Waals surface area contributed by atoms with Crippen LogP contribution in [0.2, 0.25) is 0 Å². The van der Waals surface area contributed by atoms with Gasteiger partial charge in [0.1, 0.15) is 0 Å². The lowest BCUT2D eigenvalue weighted by Crippen LogP contribution is -2.38. The molecule has 3 heteroatoms. The summed E-state index contributed by atoms with van der Waals surface area (Å²) in [5.74, 6) is 0.644. The van der Waals surface area contributed by atoms with Crippen molar-refractivity contribution in [2.45, 2.75) is 25.3 Å². The van der Waals surface area contributed by atoms with Gasteiger partial charge in [0.15, 0.2) is 0 Å². The standard InChI is InChI=1S/C18H18BrNO/c19-16-8-4-7-15(12-16)18(21)20-17(14-9-10-14)11-13-5-2-1-3-6-13/h1-8,12,14,17H,9-11H2,(H,20,21). The Morgan fingerprint density at radius 2 is 1.90 bits per heavy atom. The average molecular weight is 344 g/mol. The summed E-state index contributed by atoms with van der Waals surface area (Å²) in [4.78, 5) is 12.4. The van der Waals surface area contributed by atoms with Crippen LogP contribution in [0.3, 0.4) is 0 Å². The maximum absolute atomic E-state index is 12.4. The maximum Gasteiger partial charge on any atom is 0.251 e. The third-order valence-corrected chi connectivity index (χ3v) is 4.39. The number of benzene rings is 2. The quantitative estimate of drug-likeness (QED) is 0.865. The van der Waals surface area contributed by atoms with Gasteiger partial charge < -0.3 is 5.32 Å². The van der Waals surface area contributed by atoms with Crippen LogP contribution in [0.25, 0.3) is 0 Å². The highest BCUT2D eigenvalue weighted by atomic mass is 79.9. The van der Waals surface area contributed by atoms with Crippen LogP contribution in [0.4, 0.5) is 0 Å². The van der Waals surface area contributed by atoms with Gasteiger partial charge in [-0.2, -0.15) is 0 Å².